The van der Waals surface area contributed by atoms with Crippen molar-refractivity contribution >= 4 is 11.8 Å². The summed E-state index contributed by atoms with van der Waals surface area (Å²) >= 11 is 0.891. The Morgan fingerprint density at radius 1 is 2.00 bits per heavy atom. The summed E-state index contributed by atoms with van der Waals surface area (Å²) in [7, 11) is 0. The number of hydrogen-bond acceptors (Lipinski definition) is 5. The van der Waals surface area contributed by atoms with Crippen LogP contribution in [0.5, 0.6) is 0 Å². The maximum Gasteiger partial charge on any atom is 0.342 e. The van der Waals surface area contributed by atoms with Gasteiger partial charge in [0, 0.05) is 11.8 Å². The zero-order valence-corrected chi connectivity index (χ0v) is 5.13. The first-order chi connectivity index (χ1) is 4.20. The summed E-state index contributed by atoms with van der Waals surface area (Å²) in [6.45, 7) is 0. The fourth-order valence-corrected chi connectivity index (χ4v) is 0.932. The molecule has 1 aliphatic heterocycles. The van der Waals surface area contributed by atoms with E-state index in [0.29, 0.717) is 0 Å². The molecule has 0 bridgehead atoms. The standard InChI is InChI=1S/C3H4N2O3S/c4-3-8-1-2(9-3)5(6)7/h1,3H,4H2/t3-/m0/s1. The molecule has 1 rings (SSSR count). The molecule has 0 aliphatic carbocycles. The average molecular weight is 148 g/mol. The van der Waals surface area contributed by atoms with Crippen molar-refractivity contribution < 1.29 is 9.66 Å². The van der Waals surface area contributed by atoms with Gasteiger partial charge in [0.05, 0.1) is 4.92 Å². The molecule has 9 heavy (non-hydrogen) atoms. The second-order valence-electron chi connectivity index (χ2n) is 1.34. The van der Waals surface area contributed by atoms with Crippen molar-refractivity contribution in [3.8, 4) is 0 Å². The lowest BCUT2D eigenvalue weighted by Gasteiger charge is -1.95. The van der Waals surface area contributed by atoms with Gasteiger partial charge in [-0.05, 0) is 0 Å². The van der Waals surface area contributed by atoms with E-state index in [1.165, 1.54) is 0 Å². The molecule has 0 fully saturated rings. The van der Waals surface area contributed by atoms with Crippen molar-refractivity contribution in [2.75, 3.05) is 0 Å². The predicted molar refractivity (Wildman–Crippen MR) is 31.7 cm³/mol. The highest BCUT2D eigenvalue weighted by molar-refractivity contribution is 8.03. The molecule has 0 saturated heterocycles. The van der Waals surface area contributed by atoms with Gasteiger partial charge in [-0.2, -0.15) is 0 Å². The van der Waals surface area contributed by atoms with Gasteiger partial charge in [0.25, 0.3) is 0 Å². The molecule has 0 saturated carbocycles. The van der Waals surface area contributed by atoms with Gasteiger partial charge >= 0.3 is 5.03 Å². The lowest BCUT2D eigenvalue weighted by molar-refractivity contribution is -0.411. The average Bonchev–Trinajstić information content (AvgIpc) is 2.14. The van der Waals surface area contributed by atoms with Crippen LogP contribution in [-0.2, 0) is 4.74 Å². The molecule has 1 atom stereocenters. The van der Waals surface area contributed by atoms with Gasteiger partial charge in [-0.3, -0.25) is 15.8 Å². The summed E-state index contributed by atoms with van der Waals surface area (Å²) in [4.78, 5) is 9.40. The summed E-state index contributed by atoms with van der Waals surface area (Å²) in [5.74, 6) is 0. The van der Waals surface area contributed by atoms with Crippen LogP contribution in [0, 0.1) is 10.1 Å². The van der Waals surface area contributed by atoms with E-state index in [1.807, 2.05) is 0 Å². The van der Waals surface area contributed by atoms with E-state index < -0.39 is 10.5 Å². The summed E-state index contributed by atoms with van der Waals surface area (Å²) in [5.41, 5.74) is 4.54. The van der Waals surface area contributed by atoms with Crippen molar-refractivity contribution in [2.45, 2.75) is 5.56 Å². The predicted octanol–water partition coefficient (Wildman–Crippen LogP) is 0.0677. The summed E-state index contributed by atoms with van der Waals surface area (Å²) < 4.78 is 4.56. The Labute approximate surface area is 55.0 Å². The third kappa shape index (κ3) is 1.33. The Kier molecular flexibility index (Phi) is 1.58. The molecule has 0 radical (unpaired) electrons. The molecule has 0 unspecified atom stereocenters. The second kappa shape index (κ2) is 2.24. The maximum atomic E-state index is 9.93. The molecule has 0 aromatic carbocycles. The van der Waals surface area contributed by atoms with Gasteiger partial charge in [0.15, 0.2) is 6.26 Å². The molecule has 0 amide bonds. The Balaban J connectivity index is 2.55. The second-order valence-corrected chi connectivity index (χ2v) is 2.45. The number of nitrogens with two attached hydrogens (primary N) is 1. The third-order valence-electron chi connectivity index (χ3n) is 0.720. The van der Waals surface area contributed by atoms with Gasteiger partial charge in [0.1, 0.15) is 0 Å². The van der Waals surface area contributed by atoms with E-state index in [4.69, 9.17) is 5.73 Å². The molecule has 0 aromatic heterocycles. The molecular weight excluding hydrogens is 144 g/mol. The molecular formula is C3H4N2O3S. The minimum Gasteiger partial charge on any atom is -0.466 e. The zero-order valence-electron chi connectivity index (χ0n) is 4.31. The van der Waals surface area contributed by atoms with Gasteiger partial charge in [-0.25, -0.2) is 0 Å². The first-order valence-electron chi connectivity index (χ1n) is 2.12. The van der Waals surface area contributed by atoms with Crippen molar-refractivity contribution in [2.24, 2.45) is 5.73 Å². The Morgan fingerprint density at radius 2 is 2.67 bits per heavy atom. The van der Waals surface area contributed by atoms with Crippen LogP contribution in [0.3, 0.4) is 0 Å². The van der Waals surface area contributed by atoms with E-state index in [1.54, 1.807) is 0 Å². The number of ether oxygens (including phenoxy) is 1. The maximum absolute atomic E-state index is 9.93. The lowest BCUT2D eigenvalue weighted by atomic mass is 11.0. The van der Waals surface area contributed by atoms with Crippen molar-refractivity contribution in [1.82, 2.24) is 0 Å². The molecule has 50 valence electrons. The first kappa shape index (κ1) is 6.37. The molecule has 6 heteroatoms. The van der Waals surface area contributed by atoms with Crippen molar-refractivity contribution in [1.29, 1.82) is 0 Å². The summed E-state index contributed by atoms with van der Waals surface area (Å²) in [6, 6.07) is 0. The minimum absolute atomic E-state index is 0.0394. The normalized spacial score (nSPS) is 25.0. The number of nitrogens with zero attached hydrogens (tertiary/aromatic N) is 1. The van der Waals surface area contributed by atoms with Crippen LogP contribution in [0.25, 0.3) is 0 Å². The van der Waals surface area contributed by atoms with Crippen molar-refractivity contribution in [3.05, 3.63) is 21.4 Å². The van der Waals surface area contributed by atoms with Gasteiger partial charge in [-0.1, -0.05) is 0 Å². The van der Waals surface area contributed by atoms with Crippen LogP contribution in [-0.4, -0.2) is 10.5 Å². The molecule has 0 spiro atoms. The summed E-state index contributed by atoms with van der Waals surface area (Å²) in [5, 5.41) is 9.89. The molecule has 1 heterocycles. The smallest absolute Gasteiger partial charge is 0.342 e. The highest BCUT2D eigenvalue weighted by atomic mass is 32.2. The topological polar surface area (TPSA) is 78.4 Å². The highest BCUT2D eigenvalue weighted by Crippen LogP contribution is 2.26. The van der Waals surface area contributed by atoms with E-state index >= 15 is 0 Å². The third-order valence-corrected chi connectivity index (χ3v) is 1.55. The monoisotopic (exact) mass is 148 g/mol. The number of hydrogen-bond donors (Lipinski definition) is 1. The van der Waals surface area contributed by atoms with Gasteiger partial charge in [-0.15, -0.1) is 0 Å². The van der Waals surface area contributed by atoms with E-state index in [2.05, 4.69) is 4.74 Å². The minimum atomic E-state index is -0.606. The number of rotatable bonds is 1. The number of thioether (sulfide) groups is 1. The van der Waals surface area contributed by atoms with Gasteiger partial charge in [0.2, 0.25) is 5.56 Å². The van der Waals surface area contributed by atoms with Crippen molar-refractivity contribution in [3.63, 3.8) is 0 Å². The molecule has 1 aliphatic rings. The lowest BCUT2D eigenvalue weighted by Crippen LogP contribution is -2.13. The SMILES string of the molecule is N[C@H]1OC=C([N+](=O)[O-])S1. The molecule has 2 N–H and O–H groups in total. The fraction of sp³-hybridized carbons (Fsp3) is 0.333. The fourth-order valence-electron chi connectivity index (χ4n) is 0.386. The Bertz CT molecular complexity index is 168. The zero-order chi connectivity index (χ0) is 6.85. The quantitative estimate of drug-likeness (QED) is 0.420. The van der Waals surface area contributed by atoms with Crippen LogP contribution >= 0.6 is 11.8 Å². The first-order valence-corrected chi connectivity index (χ1v) is 3.00. The van der Waals surface area contributed by atoms with Crippen LogP contribution in [0.4, 0.5) is 0 Å². The Hall–Kier alpha value is -0.750. The van der Waals surface area contributed by atoms with Crippen LogP contribution in [0.15, 0.2) is 11.3 Å². The van der Waals surface area contributed by atoms with Gasteiger partial charge < -0.3 is 4.74 Å². The largest absolute Gasteiger partial charge is 0.466 e. The van der Waals surface area contributed by atoms with Crippen LogP contribution < -0.4 is 5.73 Å². The Morgan fingerprint density at radius 3 is 2.89 bits per heavy atom. The van der Waals surface area contributed by atoms with E-state index in [-0.39, 0.29) is 5.03 Å². The summed E-state index contributed by atoms with van der Waals surface area (Å²) in [6.07, 6.45) is 1.05. The number of nitro groups is 1. The molecule has 5 nitrogen and oxygen atoms in total. The van der Waals surface area contributed by atoms with E-state index in [9.17, 15) is 10.1 Å². The van der Waals surface area contributed by atoms with Crippen LogP contribution in [0.2, 0.25) is 0 Å². The molecule has 0 aromatic rings. The van der Waals surface area contributed by atoms with E-state index in [0.717, 1.165) is 18.0 Å². The highest BCUT2D eigenvalue weighted by Gasteiger charge is 2.24. The van der Waals surface area contributed by atoms with Crippen LogP contribution in [0.1, 0.15) is 0 Å².